The second-order valence-electron chi connectivity index (χ2n) is 11.2. The molecular formula is C34H37N3O6. The molecule has 0 bridgehead atoms. The Labute approximate surface area is 251 Å². The maximum absolute atomic E-state index is 12.7. The van der Waals surface area contributed by atoms with Crippen LogP contribution in [0.3, 0.4) is 0 Å². The fourth-order valence-corrected chi connectivity index (χ4v) is 6.02. The average Bonchev–Trinajstić information content (AvgIpc) is 3.65. The van der Waals surface area contributed by atoms with E-state index in [2.05, 4.69) is 46.7 Å². The Morgan fingerprint density at radius 2 is 1.44 bits per heavy atom. The van der Waals surface area contributed by atoms with Crippen molar-refractivity contribution in [3.05, 3.63) is 120 Å². The fourth-order valence-electron chi connectivity index (χ4n) is 6.02. The van der Waals surface area contributed by atoms with Crippen molar-refractivity contribution in [2.45, 2.75) is 56.7 Å². The first-order valence-corrected chi connectivity index (χ1v) is 14.6. The van der Waals surface area contributed by atoms with Gasteiger partial charge in [0.1, 0.15) is 23.9 Å². The second kappa shape index (κ2) is 11.9. The van der Waals surface area contributed by atoms with Crippen LogP contribution in [-0.4, -0.2) is 59.1 Å². The van der Waals surface area contributed by atoms with Gasteiger partial charge in [0, 0.05) is 7.05 Å². The minimum atomic E-state index is -0.915. The molecule has 0 amide bonds. The van der Waals surface area contributed by atoms with E-state index >= 15 is 0 Å². The van der Waals surface area contributed by atoms with E-state index in [1.807, 2.05) is 68.4 Å². The van der Waals surface area contributed by atoms with Crippen molar-refractivity contribution in [2.75, 3.05) is 18.5 Å². The van der Waals surface area contributed by atoms with Crippen molar-refractivity contribution in [1.82, 2.24) is 9.55 Å². The van der Waals surface area contributed by atoms with Gasteiger partial charge in [-0.25, -0.2) is 9.78 Å². The molecule has 0 saturated carbocycles. The quantitative estimate of drug-likeness (QED) is 0.200. The summed E-state index contributed by atoms with van der Waals surface area (Å²) in [6.45, 7) is 5.98. The number of benzene rings is 3. The van der Waals surface area contributed by atoms with E-state index in [9.17, 15) is 4.79 Å². The molecule has 9 nitrogen and oxygen atoms in total. The van der Waals surface area contributed by atoms with Gasteiger partial charge in [-0.1, -0.05) is 91.0 Å². The van der Waals surface area contributed by atoms with E-state index in [0.717, 1.165) is 16.7 Å². The van der Waals surface area contributed by atoms with Gasteiger partial charge in [0.25, 0.3) is 0 Å². The van der Waals surface area contributed by atoms with Crippen LogP contribution in [0.5, 0.6) is 0 Å². The lowest BCUT2D eigenvalue weighted by atomic mass is 9.80. The number of ether oxygens (including phenoxy) is 5. The van der Waals surface area contributed by atoms with Crippen LogP contribution >= 0.6 is 0 Å². The molecule has 2 fully saturated rings. The summed E-state index contributed by atoms with van der Waals surface area (Å²) in [6, 6.07) is 30.6. The number of nitrogens with one attached hydrogen (secondary N) is 1. The molecule has 3 heterocycles. The van der Waals surface area contributed by atoms with Crippen LogP contribution in [0, 0.1) is 0 Å². The van der Waals surface area contributed by atoms with Gasteiger partial charge < -0.3 is 33.6 Å². The van der Waals surface area contributed by atoms with Crippen molar-refractivity contribution in [2.24, 2.45) is 7.05 Å². The molecule has 0 radical (unpaired) electrons. The third kappa shape index (κ3) is 5.57. The van der Waals surface area contributed by atoms with E-state index in [1.54, 1.807) is 24.9 Å². The molecule has 4 aromatic rings. The molecule has 9 heteroatoms. The van der Waals surface area contributed by atoms with Gasteiger partial charge in [-0.3, -0.25) is 0 Å². The molecule has 3 aromatic carbocycles. The van der Waals surface area contributed by atoms with Gasteiger partial charge in [-0.15, -0.1) is 0 Å². The maximum atomic E-state index is 12.7. The van der Waals surface area contributed by atoms with E-state index in [1.165, 1.54) is 0 Å². The molecule has 0 unspecified atom stereocenters. The number of aromatic nitrogens is 2. The van der Waals surface area contributed by atoms with E-state index in [-0.39, 0.29) is 13.2 Å². The monoisotopic (exact) mass is 583 g/mol. The van der Waals surface area contributed by atoms with Crippen molar-refractivity contribution < 1.29 is 28.5 Å². The minimum absolute atomic E-state index is 0.199. The molecule has 2 aliphatic heterocycles. The predicted molar refractivity (Wildman–Crippen MR) is 160 cm³/mol. The summed E-state index contributed by atoms with van der Waals surface area (Å²) >= 11 is 0. The summed E-state index contributed by atoms with van der Waals surface area (Å²) in [5.74, 6) is -0.950. The number of anilines is 1. The zero-order valence-corrected chi connectivity index (χ0v) is 24.8. The summed E-state index contributed by atoms with van der Waals surface area (Å²) < 4.78 is 33.2. The SMILES string of the molecule is CCOC(=O)c1c(N[C@@H]2O[C@H](COC(c3ccccc3)(c3ccccc3)c3ccccc3)[C@H]3OC(C)(C)O[C@H]32)ncn1C. The number of nitrogens with zero attached hydrogens (tertiary/aromatic N) is 2. The van der Waals surface area contributed by atoms with Gasteiger partial charge in [-0.2, -0.15) is 0 Å². The van der Waals surface area contributed by atoms with Crippen LogP contribution < -0.4 is 5.32 Å². The van der Waals surface area contributed by atoms with Crippen LogP contribution in [0.4, 0.5) is 5.82 Å². The number of imidazole rings is 1. The first-order valence-electron chi connectivity index (χ1n) is 14.6. The lowest BCUT2D eigenvalue weighted by Gasteiger charge is -2.37. The highest BCUT2D eigenvalue weighted by molar-refractivity contribution is 5.93. The number of carbonyl (C=O) groups is 1. The average molecular weight is 584 g/mol. The van der Waals surface area contributed by atoms with Crippen molar-refractivity contribution in [3.8, 4) is 0 Å². The smallest absolute Gasteiger partial charge is 0.358 e. The van der Waals surface area contributed by atoms with Gasteiger partial charge in [-0.05, 0) is 37.5 Å². The van der Waals surface area contributed by atoms with E-state index in [4.69, 9.17) is 23.7 Å². The summed E-state index contributed by atoms with van der Waals surface area (Å²) in [5.41, 5.74) is 2.37. The Morgan fingerprint density at radius 1 is 0.907 bits per heavy atom. The molecule has 2 saturated heterocycles. The van der Waals surface area contributed by atoms with Crippen LogP contribution in [0.2, 0.25) is 0 Å². The number of fused-ring (bicyclic) bond motifs is 1. The maximum Gasteiger partial charge on any atom is 0.358 e. The normalized spacial score (nSPS) is 22.7. The Morgan fingerprint density at radius 3 is 1.98 bits per heavy atom. The molecule has 43 heavy (non-hydrogen) atoms. The first-order chi connectivity index (χ1) is 20.8. The number of carbonyl (C=O) groups excluding carboxylic acids is 1. The van der Waals surface area contributed by atoms with Crippen molar-refractivity contribution in [1.29, 1.82) is 0 Å². The van der Waals surface area contributed by atoms with Gasteiger partial charge in [0.2, 0.25) is 0 Å². The predicted octanol–water partition coefficient (Wildman–Crippen LogP) is 5.26. The molecule has 4 atom stereocenters. The largest absolute Gasteiger partial charge is 0.461 e. The zero-order chi connectivity index (χ0) is 30.0. The molecule has 0 spiro atoms. The molecule has 2 aliphatic rings. The summed E-state index contributed by atoms with van der Waals surface area (Å²) in [5, 5.41) is 3.29. The van der Waals surface area contributed by atoms with Gasteiger partial charge in [0.05, 0.1) is 19.5 Å². The number of esters is 1. The third-order valence-corrected chi connectivity index (χ3v) is 7.84. The van der Waals surface area contributed by atoms with Crippen LogP contribution in [0.1, 0.15) is 48.0 Å². The highest BCUT2D eigenvalue weighted by Gasteiger charge is 2.56. The minimum Gasteiger partial charge on any atom is -0.461 e. The molecule has 0 aliphatic carbocycles. The Kier molecular flexibility index (Phi) is 8.07. The second-order valence-corrected chi connectivity index (χ2v) is 11.2. The third-order valence-electron chi connectivity index (χ3n) is 7.84. The molecule has 224 valence electrons. The van der Waals surface area contributed by atoms with Gasteiger partial charge >= 0.3 is 5.97 Å². The topological polar surface area (TPSA) is 93.1 Å². The fraction of sp³-hybridized carbons (Fsp3) is 0.353. The van der Waals surface area contributed by atoms with Crippen molar-refractivity contribution >= 4 is 11.8 Å². The summed E-state index contributed by atoms with van der Waals surface area (Å²) in [4.78, 5) is 17.1. The van der Waals surface area contributed by atoms with E-state index < -0.39 is 41.9 Å². The molecule has 1 aromatic heterocycles. The molecular weight excluding hydrogens is 546 g/mol. The standard InChI is InChI=1S/C34H37N3O6/c1-5-39-32(38)27-30(35-22-37(27)4)36-31-29-28(42-33(2,3)43-29)26(41-31)21-40-34(23-15-9-6-10-16-23,24-17-11-7-12-18-24)25-19-13-8-14-20-25/h6-20,22,26,28-29,31,36H,5,21H2,1-4H3/t26-,28-,29-,31-/m1/s1. The Balaban J connectivity index is 1.33. The lowest BCUT2D eigenvalue weighted by Crippen LogP contribution is -2.39. The number of hydrogen-bond acceptors (Lipinski definition) is 8. The number of aryl methyl sites for hydroxylation is 1. The highest BCUT2D eigenvalue weighted by Crippen LogP contribution is 2.43. The van der Waals surface area contributed by atoms with Gasteiger partial charge in [0.15, 0.2) is 23.5 Å². The molecule has 1 N–H and O–H groups in total. The number of hydrogen-bond donors (Lipinski definition) is 1. The zero-order valence-electron chi connectivity index (χ0n) is 24.8. The lowest BCUT2D eigenvalue weighted by molar-refractivity contribution is -0.192. The first kappa shape index (κ1) is 29.1. The van der Waals surface area contributed by atoms with Crippen molar-refractivity contribution in [3.63, 3.8) is 0 Å². The Bertz CT molecular complexity index is 1430. The van der Waals surface area contributed by atoms with E-state index in [0.29, 0.717) is 11.5 Å². The molecule has 6 rings (SSSR count). The Hall–Kier alpha value is -4.02. The van der Waals surface area contributed by atoms with Crippen LogP contribution in [-0.2, 0) is 36.3 Å². The highest BCUT2D eigenvalue weighted by atomic mass is 16.8. The number of rotatable bonds is 10. The van der Waals surface area contributed by atoms with Crippen LogP contribution in [0.15, 0.2) is 97.3 Å². The van der Waals surface area contributed by atoms with Crippen LogP contribution in [0.25, 0.3) is 0 Å². The summed E-state index contributed by atoms with van der Waals surface area (Å²) in [7, 11) is 1.74. The summed E-state index contributed by atoms with van der Waals surface area (Å²) in [6.07, 6.45) is -0.481.